The van der Waals surface area contributed by atoms with Crippen molar-refractivity contribution in [2.45, 2.75) is 32.5 Å². The average molecular weight is 333 g/mol. The summed E-state index contributed by atoms with van der Waals surface area (Å²) in [7, 11) is -1.63. The first-order valence-corrected chi connectivity index (χ1v) is 11.9. The molecule has 3 aromatic rings. The molecule has 2 heteroatoms. The molecule has 0 N–H and O–H groups in total. The second-order valence-corrected chi connectivity index (χ2v) is 12.3. The summed E-state index contributed by atoms with van der Waals surface area (Å²) < 4.78 is 9.18. The fraction of sp³-hybridized carbons (Fsp3) is 0.227. The highest BCUT2D eigenvalue weighted by Crippen LogP contribution is 2.27. The molecular weight excluding hydrogens is 306 g/mol. The third kappa shape index (κ3) is 3.49. The van der Waals surface area contributed by atoms with Crippen molar-refractivity contribution in [1.29, 1.82) is 0 Å². The van der Waals surface area contributed by atoms with Crippen molar-refractivity contribution < 1.29 is 1.37 Å². The maximum atomic E-state index is 9.18. The van der Waals surface area contributed by atoms with Gasteiger partial charge in [0.05, 0.1) is 13.8 Å². The van der Waals surface area contributed by atoms with Gasteiger partial charge in [-0.05, 0) is 22.4 Å². The SMILES string of the molecule is [2H]C(C)(c1ccccc1)c1cc(-c2ccccc2)ncc1[Si](C)(C)C. The Morgan fingerprint density at radius 1 is 0.917 bits per heavy atom. The number of hydrogen-bond acceptors (Lipinski definition) is 1. The van der Waals surface area contributed by atoms with Crippen molar-refractivity contribution >= 4 is 13.3 Å². The third-order valence-corrected chi connectivity index (χ3v) is 6.41. The first-order chi connectivity index (χ1) is 11.8. The predicted molar refractivity (Wildman–Crippen MR) is 107 cm³/mol. The van der Waals surface area contributed by atoms with Crippen molar-refractivity contribution in [3.63, 3.8) is 0 Å². The third-order valence-electron chi connectivity index (χ3n) is 4.39. The van der Waals surface area contributed by atoms with Gasteiger partial charge in [0.25, 0.3) is 0 Å². The number of rotatable bonds is 4. The van der Waals surface area contributed by atoms with E-state index < -0.39 is 14.0 Å². The van der Waals surface area contributed by atoms with Gasteiger partial charge in [0.15, 0.2) is 0 Å². The smallest absolute Gasteiger partial charge is 0.0800 e. The van der Waals surface area contributed by atoms with Gasteiger partial charge in [-0.1, -0.05) is 87.2 Å². The average Bonchev–Trinajstić information content (AvgIpc) is 2.62. The molecule has 1 atom stereocenters. The Bertz CT molecular complexity index is 852. The van der Waals surface area contributed by atoms with Crippen LogP contribution in [0.5, 0.6) is 0 Å². The summed E-state index contributed by atoms with van der Waals surface area (Å²) in [6.45, 7) is 8.94. The molecular formula is C22H25NSi. The van der Waals surface area contributed by atoms with Gasteiger partial charge in [0.1, 0.15) is 0 Å². The van der Waals surface area contributed by atoms with Crippen LogP contribution < -0.4 is 5.19 Å². The van der Waals surface area contributed by atoms with Gasteiger partial charge in [-0.15, -0.1) is 0 Å². The molecule has 0 aliphatic heterocycles. The Balaban J connectivity index is 2.22. The van der Waals surface area contributed by atoms with Crippen LogP contribution in [0.4, 0.5) is 0 Å². The Morgan fingerprint density at radius 2 is 1.50 bits per heavy atom. The van der Waals surface area contributed by atoms with Crippen LogP contribution in [-0.2, 0) is 0 Å². The molecule has 1 unspecified atom stereocenters. The van der Waals surface area contributed by atoms with E-state index in [1.807, 2.05) is 61.7 Å². The highest BCUT2D eigenvalue weighted by atomic mass is 28.3. The summed E-state index contributed by atoms with van der Waals surface area (Å²) in [6.07, 6.45) is 2.01. The molecule has 24 heavy (non-hydrogen) atoms. The normalized spacial score (nSPS) is 14.8. The van der Waals surface area contributed by atoms with E-state index in [2.05, 4.69) is 37.8 Å². The van der Waals surface area contributed by atoms with Crippen LogP contribution in [0.15, 0.2) is 72.9 Å². The lowest BCUT2D eigenvalue weighted by Gasteiger charge is -2.25. The largest absolute Gasteiger partial charge is 0.256 e. The van der Waals surface area contributed by atoms with Crippen molar-refractivity contribution in [1.82, 2.24) is 4.98 Å². The minimum absolute atomic E-state index is 0.802. The first-order valence-electron chi connectivity index (χ1n) is 8.92. The maximum absolute atomic E-state index is 9.18. The summed E-state index contributed by atoms with van der Waals surface area (Å²) in [6, 6.07) is 22.5. The fourth-order valence-electron chi connectivity index (χ4n) is 2.97. The van der Waals surface area contributed by atoms with Crippen LogP contribution >= 0.6 is 0 Å². The standard InChI is InChI=1S/C22H25NSi/c1-17(18-11-7-5-8-12-18)20-15-21(19-13-9-6-10-14-19)23-16-22(20)24(2,3)4/h5-17H,1-4H3/i17D. The molecule has 3 rings (SSSR count). The minimum atomic E-state index is -1.63. The summed E-state index contributed by atoms with van der Waals surface area (Å²) in [5.41, 5.74) is 4.12. The van der Waals surface area contributed by atoms with E-state index >= 15 is 0 Å². The lowest BCUT2D eigenvalue weighted by molar-refractivity contribution is 0.925. The summed E-state index contributed by atoms with van der Waals surface area (Å²) in [5, 5.41) is 1.26. The quantitative estimate of drug-likeness (QED) is 0.579. The van der Waals surface area contributed by atoms with E-state index in [1.165, 1.54) is 5.19 Å². The number of benzene rings is 2. The molecule has 0 saturated heterocycles. The minimum Gasteiger partial charge on any atom is -0.256 e. The van der Waals surface area contributed by atoms with E-state index in [9.17, 15) is 1.37 Å². The zero-order chi connectivity index (χ0) is 18.1. The molecule has 2 aromatic carbocycles. The fourth-order valence-corrected chi connectivity index (χ4v) is 4.49. The highest BCUT2D eigenvalue weighted by Gasteiger charge is 2.24. The van der Waals surface area contributed by atoms with Crippen LogP contribution in [0, 0.1) is 0 Å². The molecule has 1 nitrogen and oxygen atoms in total. The Labute approximate surface area is 147 Å². The molecule has 0 amide bonds. The summed E-state index contributed by atoms with van der Waals surface area (Å²) >= 11 is 0. The molecule has 0 bridgehead atoms. The molecule has 1 heterocycles. The van der Waals surface area contributed by atoms with Crippen LogP contribution in [0.3, 0.4) is 0 Å². The number of nitrogens with zero attached hydrogens (tertiary/aromatic N) is 1. The van der Waals surface area contributed by atoms with E-state index in [0.717, 1.165) is 22.4 Å². The van der Waals surface area contributed by atoms with Crippen molar-refractivity contribution in [3.8, 4) is 11.3 Å². The molecule has 1 aromatic heterocycles. The lowest BCUT2D eigenvalue weighted by Crippen LogP contribution is -2.41. The number of pyridine rings is 1. The summed E-state index contributed by atoms with van der Waals surface area (Å²) in [4.78, 5) is 4.73. The Kier molecular flexibility index (Phi) is 4.31. The Morgan fingerprint density at radius 3 is 2.08 bits per heavy atom. The van der Waals surface area contributed by atoms with Gasteiger partial charge in [-0.3, -0.25) is 4.98 Å². The van der Waals surface area contributed by atoms with Gasteiger partial charge in [-0.2, -0.15) is 0 Å². The van der Waals surface area contributed by atoms with E-state index in [4.69, 9.17) is 4.98 Å². The molecule has 0 spiro atoms. The van der Waals surface area contributed by atoms with Gasteiger partial charge in [-0.25, -0.2) is 0 Å². The van der Waals surface area contributed by atoms with Crippen LogP contribution in [-0.4, -0.2) is 13.1 Å². The highest BCUT2D eigenvalue weighted by molar-refractivity contribution is 6.89. The van der Waals surface area contributed by atoms with E-state index in [0.29, 0.717) is 0 Å². The molecule has 0 aliphatic rings. The van der Waals surface area contributed by atoms with Gasteiger partial charge in [0, 0.05) is 19.0 Å². The van der Waals surface area contributed by atoms with Gasteiger partial charge < -0.3 is 0 Å². The second kappa shape index (κ2) is 6.74. The maximum Gasteiger partial charge on any atom is 0.0800 e. The topological polar surface area (TPSA) is 12.9 Å². The monoisotopic (exact) mass is 332 g/mol. The van der Waals surface area contributed by atoms with Gasteiger partial charge >= 0.3 is 0 Å². The molecule has 122 valence electrons. The van der Waals surface area contributed by atoms with Crippen LogP contribution in [0.25, 0.3) is 11.3 Å². The zero-order valence-electron chi connectivity index (χ0n) is 15.9. The van der Waals surface area contributed by atoms with Crippen molar-refractivity contribution in [2.75, 3.05) is 0 Å². The summed E-state index contributed by atoms with van der Waals surface area (Å²) in [5.74, 6) is -0.802. The van der Waals surface area contributed by atoms with Gasteiger partial charge in [0.2, 0.25) is 0 Å². The van der Waals surface area contributed by atoms with E-state index in [-0.39, 0.29) is 0 Å². The van der Waals surface area contributed by atoms with Crippen molar-refractivity contribution in [2.24, 2.45) is 0 Å². The second-order valence-electron chi connectivity index (χ2n) is 7.22. The van der Waals surface area contributed by atoms with Crippen LogP contribution in [0.2, 0.25) is 19.6 Å². The van der Waals surface area contributed by atoms with Crippen molar-refractivity contribution in [3.05, 3.63) is 84.1 Å². The molecule has 0 aliphatic carbocycles. The first kappa shape index (κ1) is 15.3. The lowest BCUT2D eigenvalue weighted by atomic mass is 9.92. The Hall–Kier alpha value is -2.19. The number of hydrogen-bond donors (Lipinski definition) is 0. The zero-order valence-corrected chi connectivity index (χ0v) is 15.9. The molecule has 0 radical (unpaired) electrons. The number of aromatic nitrogens is 1. The van der Waals surface area contributed by atoms with E-state index in [1.54, 1.807) is 0 Å². The molecule has 0 fully saturated rings. The molecule has 0 saturated carbocycles. The van der Waals surface area contributed by atoms with Crippen LogP contribution in [0.1, 0.15) is 25.3 Å². The predicted octanol–water partition coefficient (Wildman–Crippen LogP) is 5.45.